The average Bonchev–Trinajstić information content (AvgIpc) is 2.40. The number of aromatic nitrogens is 1. The number of rotatable bonds is 3. The third-order valence-electron chi connectivity index (χ3n) is 2.44. The van der Waals surface area contributed by atoms with Crippen molar-refractivity contribution in [1.82, 2.24) is 4.98 Å². The van der Waals surface area contributed by atoms with Gasteiger partial charge in [0.1, 0.15) is 16.5 Å². The van der Waals surface area contributed by atoms with Crippen LogP contribution in [0.2, 0.25) is 5.02 Å². The zero-order chi connectivity index (χ0) is 12.3. The van der Waals surface area contributed by atoms with Gasteiger partial charge in [0.05, 0.1) is 14.2 Å². The van der Waals surface area contributed by atoms with E-state index in [0.717, 1.165) is 11.1 Å². The van der Waals surface area contributed by atoms with Gasteiger partial charge >= 0.3 is 0 Å². The first-order chi connectivity index (χ1) is 8.26. The lowest BCUT2D eigenvalue weighted by molar-refractivity contribution is 0.395. The van der Waals surface area contributed by atoms with Gasteiger partial charge in [-0.2, -0.15) is 0 Å². The molecule has 0 N–H and O–H groups in total. The van der Waals surface area contributed by atoms with Gasteiger partial charge in [-0.15, -0.1) is 0 Å². The molecule has 0 aliphatic rings. The third-order valence-corrected chi connectivity index (χ3v) is 2.81. The van der Waals surface area contributed by atoms with E-state index in [9.17, 15) is 0 Å². The van der Waals surface area contributed by atoms with Gasteiger partial charge in [-0.1, -0.05) is 17.7 Å². The van der Waals surface area contributed by atoms with Crippen LogP contribution in [0.5, 0.6) is 11.5 Å². The van der Waals surface area contributed by atoms with Gasteiger partial charge in [-0.3, -0.25) is 4.98 Å². The Hall–Kier alpha value is -1.74. The van der Waals surface area contributed by atoms with Crippen molar-refractivity contribution in [3.63, 3.8) is 0 Å². The van der Waals surface area contributed by atoms with E-state index in [1.54, 1.807) is 26.6 Å². The van der Waals surface area contributed by atoms with Crippen LogP contribution in [-0.4, -0.2) is 19.2 Å². The molecule has 0 saturated heterocycles. The topological polar surface area (TPSA) is 31.4 Å². The molecule has 1 aromatic heterocycles. The summed E-state index contributed by atoms with van der Waals surface area (Å²) < 4.78 is 10.4. The molecule has 0 amide bonds. The highest BCUT2D eigenvalue weighted by Gasteiger charge is 2.11. The Morgan fingerprint density at radius 3 is 2.18 bits per heavy atom. The minimum Gasteiger partial charge on any atom is -0.495 e. The highest BCUT2D eigenvalue weighted by Crippen LogP contribution is 2.38. The number of nitrogens with zero attached hydrogens (tertiary/aromatic N) is 1. The van der Waals surface area contributed by atoms with Crippen molar-refractivity contribution in [2.45, 2.75) is 0 Å². The maximum absolute atomic E-state index is 6.10. The summed E-state index contributed by atoms with van der Waals surface area (Å²) in [5.41, 5.74) is 1.94. The van der Waals surface area contributed by atoms with Crippen LogP contribution in [0.15, 0.2) is 36.7 Å². The molecule has 0 unspecified atom stereocenters. The predicted octanol–water partition coefficient (Wildman–Crippen LogP) is 3.42. The molecule has 0 bridgehead atoms. The van der Waals surface area contributed by atoms with E-state index >= 15 is 0 Å². The first-order valence-electron chi connectivity index (χ1n) is 5.08. The molecule has 88 valence electrons. The maximum atomic E-state index is 6.10. The lowest BCUT2D eigenvalue weighted by Crippen LogP contribution is -1.91. The van der Waals surface area contributed by atoms with Crippen LogP contribution in [0.1, 0.15) is 0 Å². The van der Waals surface area contributed by atoms with Crippen LogP contribution in [0.3, 0.4) is 0 Å². The van der Waals surface area contributed by atoms with Crippen molar-refractivity contribution < 1.29 is 9.47 Å². The Bertz CT molecular complexity index is 489. The van der Waals surface area contributed by atoms with Crippen molar-refractivity contribution in [1.29, 1.82) is 0 Å². The van der Waals surface area contributed by atoms with Gasteiger partial charge in [-0.25, -0.2) is 0 Å². The first-order valence-corrected chi connectivity index (χ1v) is 5.46. The second kappa shape index (κ2) is 5.06. The standard InChI is InChI=1S/C13H12ClNO2/c1-16-11-6-10(7-12(17-2)13(11)14)9-4-3-5-15-8-9/h3-8H,1-2H3. The first kappa shape index (κ1) is 11.7. The van der Waals surface area contributed by atoms with Crippen molar-refractivity contribution in [2.24, 2.45) is 0 Å². The normalized spacial score (nSPS) is 10.1. The lowest BCUT2D eigenvalue weighted by Gasteiger charge is -2.11. The number of benzene rings is 1. The summed E-state index contributed by atoms with van der Waals surface area (Å²) in [5.74, 6) is 1.18. The van der Waals surface area contributed by atoms with Crippen molar-refractivity contribution in [3.05, 3.63) is 41.7 Å². The molecule has 0 atom stereocenters. The van der Waals surface area contributed by atoms with E-state index < -0.39 is 0 Å². The molecule has 0 spiro atoms. The molecular formula is C13H12ClNO2. The second-order valence-electron chi connectivity index (χ2n) is 3.44. The molecule has 1 heterocycles. The molecule has 0 radical (unpaired) electrons. The fourth-order valence-electron chi connectivity index (χ4n) is 1.57. The molecule has 1 aromatic carbocycles. The Labute approximate surface area is 105 Å². The summed E-state index contributed by atoms with van der Waals surface area (Å²) >= 11 is 6.10. The van der Waals surface area contributed by atoms with E-state index in [4.69, 9.17) is 21.1 Å². The summed E-state index contributed by atoms with van der Waals surface area (Å²) in [5, 5.41) is 0.475. The van der Waals surface area contributed by atoms with Crippen molar-refractivity contribution in [3.8, 4) is 22.6 Å². The van der Waals surface area contributed by atoms with Gasteiger partial charge in [-0.05, 0) is 23.8 Å². The fraction of sp³-hybridized carbons (Fsp3) is 0.154. The molecule has 0 aliphatic carbocycles. The summed E-state index contributed by atoms with van der Waals surface area (Å²) in [6, 6.07) is 7.57. The van der Waals surface area contributed by atoms with E-state index in [2.05, 4.69) is 4.98 Å². The number of ether oxygens (including phenoxy) is 2. The predicted molar refractivity (Wildman–Crippen MR) is 67.8 cm³/mol. The molecule has 2 aromatic rings. The van der Waals surface area contributed by atoms with Crippen LogP contribution < -0.4 is 9.47 Å². The summed E-state index contributed by atoms with van der Waals surface area (Å²) in [7, 11) is 3.15. The Morgan fingerprint density at radius 1 is 1.06 bits per heavy atom. The zero-order valence-corrected chi connectivity index (χ0v) is 10.4. The molecule has 3 nitrogen and oxygen atoms in total. The van der Waals surface area contributed by atoms with E-state index in [1.807, 2.05) is 24.3 Å². The lowest BCUT2D eigenvalue weighted by atomic mass is 10.1. The molecule has 2 rings (SSSR count). The summed E-state index contributed by atoms with van der Waals surface area (Å²) in [6.07, 6.45) is 3.51. The Balaban J connectivity index is 2.56. The monoisotopic (exact) mass is 249 g/mol. The Kier molecular flexibility index (Phi) is 3.49. The number of halogens is 1. The van der Waals surface area contributed by atoms with Crippen LogP contribution in [-0.2, 0) is 0 Å². The van der Waals surface area contributed by atoms with Crippen LogP contribution in [0, 0.1) is 0 Å². The minimum absolute atomic E-state index is 0.475. The van der Waals surface area contributed by atoms with Gasteiger partial charge < -0.3 is 9.47 Å². The van der Waals surface area contributed by atoms with Crippen molar-refractivity contribution in [2.75, 3.05) is 14.2 Å². The number of hydrogen-bond acceptors (Lipinski definition) is 3. The Morgan fingerprint density at radius 2 is 1.71 bits per heavy atom. The van der Waals surface area contributed by atoms with E-state index in [0.29, 0.717) is 16.5 Å². The molecule has 17 heavy (non-hydrogen) atoms. The summed E-state index contributed by atoms with van der Waals surface area (Å²) in [4.78, 5) is 4.08. The third kappa shape index (κ3) is 2.34. The summed E-state index contributed by atoms with van der Waals surface area (Å²) in [6.45, 7) is 0. The molecule has 0 fully saturated rings. The maximum Gasteiger partial charge on any atom is 0.141 e. The second-order valence-corrected chi connectivity index (χ2v) is 3.81. The SMILES string of the molecule is COc1cc(-c2cccnc2)cc(OC)c1Cl. The molecule has 4 heteroatoms. The number of methoxy groups -OCH3 is 2. The van der Waals surface area contributed by atoms with Gasteiger partial charge in [0.25, 0.3) is 0 Å². The van der Waals surface area contributed by atoms with Crippen LogP contribution in [0.4, 0.5) is 0 Å². The minimum atomic E-state index is 0.475. The smallest absolute Gasteiger partial charge is 0.141 e. The van der Waals surface area contributed by atoms with E-state index in [-0.39, 0.29) is 0 Å². The average molecular weight is 250 g/mol. The number of hydrogen-bond donors (Lipinski definition) is 0. The van der Waals surface area contributed by atoms with Gasteiger partial charge in [0.2, 0.25) is 0 Å². The largest absolute Gasteiger partial charge is 0.495 e. The molecule has 0 aliphatic heterocycles. The highest BCUT2D eigenvalue weighted by molar-refractivity contribution is 6.33. The quantitative estimate of drug-likeness (QED) is 0.835. The molecule has 0 saturated carbocycles. The van der Waals surface area contributed by atoms with Crippen LogP contribution in [0.25, 0.3) is 11.1 Å². The fourth-order valence-corrected chi connectivity index (χ4v) is 1.83. The van der Waals surface area contributed by atoms with Crippen LogP contribution >= 0.6 is 11.6 Å². The zero-order valence-electron chi connectivity index (χ0n) is 9.61. The van der Waals surface area contributed by atoms with Gasteiger partial charge in [0, 0.05) is 18.0 Å². The highest BCUT2D eigenvalue weighted by atomic mass is 35.5. The van der Waals surface area contributed by atoms with Gasteiger partial charge in [0.15, 0.2) is 0 Å². The molecular weight excluding hydrogens is 238 g/mol. The van der Waals surface area contributed by atoms with E-state index in [1.165, 1.54) is 0 Å². The number of pyridine rings is 1. The van der Waals surface area contributed by atoms with Crippen molar-refractivity contribution >= 4 is 11.6 Å².